The first-order chi connectivity index (χ1) is 14.2. The van der Waals surface area contributed by atoms with Crippen LogP contribution >= 0.6 is 0 Å². The minimum absolute atomic E-state index is 0.233. The second-order valence-corrected chi connectivity index (χ2v) is 6.61. The van der Waals surface area contributed by atoms with Crippen LogP contribution in [0, 0.1) is 0 Å². The average molecular weight is 384 g/mol. The van der Waals surface area contributed by atoms with Crippen LogP contribution in [0.15, 0.2) is 96.1 Å². The number of amides is 2. The van der Waals surface area contributed by atoms with Gasteiger partial charge in [0.2, 0.25) is 0 Å². The largest absolute Gasteiger partial charge is 0.285 e. The Morgan fingerprint density at radius 3 is 1.97 bits per heavy atom. The molecule has 4 rings (SSSR count). The van der Waals surface area contributed by atoms with E-state index in [1.54, 1.807) is 36.4 Å². The monoisotopic (exact) mass is 384 g/mol. The van der Waals surface area contributed by atoms with E-state index in [2.05, 4.69) is 16.0 Å². The van der Waals surface area contributed by atoms with E-state index >= 15 is 0 Å². The summed E-state index contributed by atoms with van der Waals surface area (Å²) >= 11 is 0. The predicted molar refractivity (Wildman–Crippen MR) is 111 cm³/mol. The highest BCUT2D eigenvalue weighted by Gasteiger charge is 2.32. The molecule has 2 N–H and O–H groups in total. The Morgan fingerprint density at radius 2 is 1.34 bits per heavy atom. The van der Waals surface area contributed by atoms with E-state index in [1.165, 1.54) is 5.01 Å². The molecule has 1 atom stereocenters. The number of hydrogen-bond acceptors (Lipinski definition) is 4. The van der Waals surface area contributed by atoms with E-state index in [0.717, 1.165) is 11.3 Å². The molecule has 144 valence electrons. The van der Waals surface area contributed by atoms with Crippen LogP contribution in [-0.4, -0.2) is 28.7 Å². The zero-order valence-corrected chi connectivity index (χ0v) is 15.7. The number of benzene rings is 3. The molecule has 0 radical (unpaired) electrons. The molecule has 6 heteroatoms. The van der Waals surface area contributed by atoms with E-state index in [-0.39, 0.29) is 11.8 Å². The average Bonchev–Trinajstić information content (AvgIpc) is 3.23. The van der Waals surface area contributed by atoms with Crippen LogP contribution in [0.1, 0.15) is 32.7 Å². The molecular weight excluding hydrogens is 364 g/mol. The van der Waals surface area contributed by atoms with Crippen LogP contribution in [0.4, 0.5) is 0 Å². The van der Waals surface area contributed by atoms with Gasteiger partial charge in [-0.05, 0) is 29.8 Å². The molecule has 0 fully saturated rings. The maximum atomic E-state index is 13.0. The van der Waals surface area contributed by atoms with Gasteiger partial charge in [-0.1, -0.05) is 66.7 Å². The fourth-order valence-electron chi connectivity index (χ4n) is 3.14. The molecule has 2 amide bonds. The standard InChI is InChI=1S/C23H20N4O2/c28-22(18-12-6-2-7-13-18)25-24-21-16-20(17-10-4-1-5-11-17)26-27(21)23(29)19-14-8-3-9-15-19/h1-15,21,24H,16H2,(H,25,28)/t21-/m0/s1. The summed E-state index contributed by atoms with van der Waals surface area (Å²) in [6.07, 6.45) is -0.0249. The summed E-state index contributed by atoms with van der Waals surface area (Å²) in [6, 6.07) is 27.6. The lowest BCUT2D eigenvalue weighted by atomic mass is 10.1. The highest BCUT2D eigenvalue weighted by molar-refractivity contribution is 6.04. The molecule has 0 unspecified atom stereocenters. The molecule has 0 aliphatic carbocycles. The molecule has 1 heterocycles. The normalized spacial score (nSPS) is 15.7. The number of carbonyl (C=O) groups excluding carboxylic acids is 2. The van der Waals surface area contributed by atoms with Gasteiger partial charge in [0.15, 0.2) is 0 Å². The van der Waals surface area contributed by atoms with Gasteiger partial charge in [-0.15, -0.1) is 0 Å². The van der Waals surface area contributed by atoms with E-state index in [0.29, 0.717) is 17.5 Å². The van der Waals surface area contributed by atoms with Crippen molar-refractivity contribution >= 4 is 17.5 Å². The lowest BCUT2D eigenvalue weighted by molar-refractivity contribution is 0.0646. The molecule has 0 bridgehead atoms. The molecule has 0 saturated heterocycles. The number of nitrogens with zero attached hydrogens (tertiary/aromatic N) is 2. The third kappa shape index (κ3) is 4.23. The minimum atomic E-state index is -0.495. The fourth-order valence-corrected chi connectivity index (χ4v) is 3.14. The van der Waals surface area contributed by atoms with Gasteiger partial charge in [-0.2, -0.15) is 5.10 Å². The first-order valence-corrected chi connectivity index (χ1v) is 9.35. The Hall–Kier alpha value is -3.77. The van der Waals surface area contributed by atoms with Gasteiger partial charge in [0, 0.05) is 17.5 Å². The molecule has 3 aromatic rings. The Labute approximate surface area is 168 Å². The van der Waals surface area contributed by atoms with Crippen LogP contribution in [0.25, 0.3) is 0 Å². The van der Waals surface area contributed by atoms with Gasteiger partial charge < -0.3 is 0 Å². The Morgan fingerprint density at radius 1 is 0.793 bits per heavy atom. The van der Waals surface area contributed by atoms with Gasteiger partial charge in [-0.25, -0.2) is 10.4 Å². The van der Waals surface area contributed by atoms with Crippen LogP contribution < -0.4 is 10.9 Å². The molecule has 0 spiro atoms. The number of carbonyl (C=O) groups is 2. The van der Waals surface area contributed by atoms with Gasteiger partial charge in [-0.3, -0.25) is 15.0 Å². The first kappa shape index (κ1) is 18.6. The number of nitrogens with one attached hydrogen (secondary N) is 2. The zero-order valence-electron chi connectivity index (χ0n) is 15.7. The lowest BCUT2D eigenvalue weighted by Crippen LogP contribution is -2.51. The summed E-state index contributed by atoms with van der Waals surface area (Å²) in [7, 11) is 0. The molecule has 6 nitrogen and oxygen atoms in total. The SMILES string of the molecule is O=C(NN[C@@H]1CC(c2ccccc2)=NN1C(=O)c1ccccc1)c1ccccc1. The summed E-state index contributed by atoms with van der Waals surface area (Å²) < 4.78 is 0. The first-order valence-electron chi connectivity index (χ1n) is 9.35. The topological polar surface area (TPSA) is 73.8 Å². The lowest BCUT2D eigenvalue weighted by Gasteiger charge is -2.23. The molecule has 1 aliphatic rings. The van der Waals surface area contributed by atoms with Crippen molar-refractivity contribution in [1.29, 1.82) is 0 Å². The summed E-state index contributed by atoms with van der Waals surface area (Å²) in [4.78, 5) is 25.4. The maximum Gasteiger partial charge on any atom is 0.275 e. The molecule has 0 aromatic heterocycles. The van der Waals surface area contributed by atoms with E-state index in [4.69, 9.17) is 0 Å². The van der Waals surface area contributed by atoms with Gasteiger partial charge in [0.1, 0.15) is 6.17 Å². The smallest absolute Gasteiger partial charge is 0.275 e. The Kier molecular flexibility index (Phi) is 5.45. The highest BCUT2D eigenvalue weighted by Crippen LogP contribution is 2.20. The van der Waals surface area contributed by atoms with Crippen molar-refractivity contribution in [2.45, 2.75) is 12.6 Å². The third-order valence-corrected chi connectivity index (χ3v) is 4.63. The number of hydrazine groups is 1. The zero-order chi connectivity index (χ0) is 20.1. The van der Waals surface area contributed by atoms with E-state index < -0.39 is 6.17 Å². The van der Waals surface area contributed by atoms with Crippen LogP contribution in [-0.2, 0) is 0 Å². The van der Waals surface area contributed by atoms with Crippen molar-refractivity contribution in [3.8, 4) is 0 Å². The Bertz CT molecular complexity index is 1020. The van der Waals surface area contributed by atoms with Crippen molar-refractivity contribution in [1.82, 2.24) is 15.9 Å². The van der Waals surface area contributed by atoms with Crippen LogP contribution in [0.3, 0.4) is 0 Å². The summed E-state index contributed by atoms with van der Waals surface area (Å²) in [5.41, 5.74) is 8.45. The number of hydrogen-bond donors (Lipinski definition) is 2. The fraction of sp³-hybridized carbons (Fsp3) is 0.0870. The third-order valence-electron chi connectivity index (χ3n) is 4.63. The van der Waals surface area contributed by atoms with Crippen molar-refractivity contribution in [2.75, 3.05) is 0 Å². The molecular formula is C23H20N4O2. The second-order valence-electron chi connectivity index (χ2n) is 6.61. The van der Waals surface area contributed by atoms with E-state index in [1.807, 2.05) is 54.6 Å². The van der Waals surface area contributed by atoms with Crippen molar-refractivity contribution in [3.63, 3.8) is 0 Å². The summed E-state index contributed by atoms with van der Waals surface area (Å²) in [5, 5.41) is 5.95. The van der Waals surface area contributed by atoms with Gasteiger partial charge in [0.25, 0.3) is 11.8 Å². The van der Waals surface area contributed by atoms with Crippen molar-refractivity contribution in [2.24, 2.45) is 5.10 Å². The summed E-state index contributed by atoms with van der Waals surface area (Å²) in [6.45, 7) is 0. The summed E-state index contributed by atoms with van der Waals surface area (Å²) in [5.74, 6) is -0.506. The van der Waals surface area contributed by atoms with Gasteiger partial charge in [0.05, 0.1) is 5.71 Å². The molecule has 29 heavy (non-hydrogen) atoms. The second kappa shape index (κ2) is 8.50. The number of rotatable bonds is 5. The molecule has 0 saturated carbocycles. The van der Waals surface area contributed by atoms with Crippen LogP contribution in [0.5, 0.6) is 0 Å². The van der Waals surface area contributed by atoms with Gasteiger partial charge >= 0.3 is 0 Å². The predicted octanol–water partition coefficient (Wildman–Crippen LogP) is 3.20. The molecule has 1 aliphatic heterocycles. The highest BCUT2D eigenvalue weighted by atomic mass is 16.2. The minimum Gasteiger partial charge on any atom is -0.285 e. The maximum absolute atomic E-state index is 13.0. The van der Waals surface area contributed by atoms with Crippen molar-refractivity contribution in [3.05, 3.63) is 108 Å². The Balaban J connectivity index is 1.54. The van der Waals surface area contributed by atoms with Crippen molar-refractivity contribution < 1.29 is 9.59 Å². The molecule has 3 aromatic carbocycles. The van der Waals surface area contributed by atoms with Crippen LogP contribution in [0.2, 0.25) is 0 Å². The van der Waals surface area contributed by atoms with E-state index in [9.17, 15) is 9.59 Å². The number of hydrazone groups is 1. The quantitative estimate of drug-likeness (QED) is 0.664.